The Hall–Kier alpha value is -2.33. The number of carbonyl (C=O) groups excluding carboxylic acids is 1. The summed E-state index contributed by atoms with van der Waals surface area (Å²) >= 11 is 5.80. The Morgan fingerprint density at radius 1 is 1.18 bits per heavy atom. The van der Waals surface area contributed by atoms with Gasteiger partial charge in [-0.2, -0.15) is 5.10 Å². The summed E-state index contributed by atoms with van der Waals surface area (Å²) in [4.78, 5) is 11.9. The molecule has 22 heavy (non-hydrogen) atoms. The number of ether oxygens (including phenoxy) is 1. The molecule has 0 aromatic heterocycles. The predicted octanol–water partition coefficient (Wildman–Crippen LogP) is 3.89. The van der Waals surface area contributed by atoms with Crippen LogP contribution in [0.5, 0.6) is 5.75 Å². The van der Waals surface area contributed by atoms with E-state index in [2.05, 4.69) is 10.5 Å². The Balaban J connectivity index is 1.90. The predicted molar refractivity (Wildman–Crippen MR) is 88.7 cm³/mol. The van der Waals surface area contributed by atoms with Crippen molar-refractivity contribution in [2.45, 2.75) is 13.3 Å². The Bertz CT molecular complexity index is 637. The Morgan fingerprint density at radius 2 is 1.86 bits per heavy atom. The Kier molecular flexibility index (Phi) is 5.98. The second-order valence-corrected chi connectivity index (χ2v) is 5.06. The van der Waals surface area contributed by atoms with E-state index in [-0.39, 0.29) is 5.91 Å². The van der Waals surface area contributed by atoms with Crippen LogP contribution in [0, 0.1) is 0 Å². The van der Waals surface area contributed by atoms with Crippen molar-refractivity contribution >= 4 is 23.7 Å². The normalized spacial score (nSPS) is 10.6. The maximum atomic E-state index is 11.9. The molecule has 0 saturated carbocycles. The third kappa shape index (κ3) is 4.90. The lowest BCUT2D eigenvalue weighted by atomic mass is 10.2. The van der Waals surface area contributed by atoms with Crippen LogP contribution < -0.4 is 10.2 Å². The molecule has 0 radical (unpaired) electrons. The molecule has 0 aliphatic rings. The van der Waals surface area contributed by atoms with Gasteiger partial charge < -0.3 is 4.74 Å². The second kappa shape index (κ2) is 8.20. The zero-order chi connectivity index (χ0) is 15.8. The molecule has 114 valence electrons. The number of hydrogen-bond acceptors (Lipinski definition) is 3. The van der Waals surface area contributed by atoms with Gasteiger partial charge in [0.25, 0.3) is 5.91 Å². The van der Waals surface area contributed by atoms with Gasteiger partial charge in [0.2, 0.25) is 0 Å². The molecule has 2 aromatic rings. The minimum atomic E-state index is -0.271. The standard InChI is InChI=1S/C17H17ClN2O2/c1-2-11-22-16-9-5-14(6-10-16)17(21)20-19-12-13-3-7-15(18)8-4-13/h3-10,12H,2,11H2,1H3,(H,20,21)/b19-12+. The third-order valence-electron chi connectivity index (χ3n) is 2.84. The molecule has 4 nitrogen and oxygen atoms in total. The molecule has 1 N–H and O–H groups in total. The van der Waals surface area contributed by atoms with Crippen LogP contribution in [0.1, 0.15) is 29.3 Å². The minimum Gasteiger partial charge on any atom is -0.494 e. The summed E-state index contributed by atoms with van der Waals surface area (Å²) < 4.78 is 5.47. The smallest absolute Gasteiger partial charge is 0.271 e. The van der Waals surface area contributed by atoms with E-state index in [1.807, 2.05) is 19.1 Å². The lowest BCUT2D eigenvalue weighted by molar-refractivity contribution is 0.0955. The fourth-order valence-electron chi connectivity index (χ4n) is 1.70. The van der Waals surface area contributed by atoms with Gasteiger partial charge in [-0.15, -0.1) is 0 Å². The highest BCUT2D eigenvalue weighted by Crippen LogP contribution is 2.12. The molecule has 0 spiro atoms. The number of halogens is 1. The van der Waals surface area contributed by atoms with E-state index in [0.29, 0.717) is 17.2 Å². The molecular weight excluding hydrogens is 300 g/mol. The first-order valence-corrected chi connectivity index (χ1v) is 7.38. The van der Waals surface area contributed by atoms with Crippen LogP contribution in [0.25, 0.3) is 0 Å². The summed E-state index contributed by atoms with van der Waals surface area (Å²) in [6.45, 7) is 2.71. The number of hydrazone groups is 1. The molecule has 2 aromatic carbocycles. The third-order valence-corrected chi connectivity index (χ3v) is 3.09. The largest absolute Gasteiger partial charge is 0.494 e. The molecule has 0 bridgehead atoms. The molecule has 0 saturated heterocycles. The molecule has 0 aliphatic heterocycles. The molecule has 0 atom stereocenters. The van der Waals surface area contributed by atoms with E-state index in [4.69, 9.17) is 16.3 Å². The molecule has 1 amide bonds. The van der Waals surface area contributed by atoms with E-state index < -0.39 is 0 Å². The second-order valence-electron chi connectivity index (χ2n) is 4.62. The molecule has 0 aliphatic carbocycles. The van der Waals surface area contributed by atoms with Gasteiger partial charge in [0.1, 0.15) is 5.75 Å². The summed E-state index contributed by atoms with van der Waals surface area (Å²) in [6.07, 6.45) is 2.51. The molecule has 0 heterocycles. The number of hydrogen-bond donors (Lipinski definition) is 1. The number of rotatable bonds is 6. The van der Waals surface area contributed by atoms with Gasteiger partial charge in [0.05, 0.1) is 12.8 Å². The van der Waals surface area contributed by atoms with Crippen molar-refractivity contribution in [2.75, 3.05) is 6.61 Å². The maximum absolute atomic E-state index is 11.9. The summed E-state index contributed by atoms with van der Waals surface area (Å²) in [5, 5.41) is 4.58. The van der Waals surface area contributed by atoms with Gasteiger partial charge in [-0.1, -0.05) is 30.7 Å². The monoisotopic (exact) mass is 316 g/mol. The highest BCUT2D eigenvalue weighted by Gasteiger charge is 2.04. The first kappa shape index (κ1) is 16.0. The summed E-state index contributed by atoms with van der Waals surface area (Å²) in [5.41, 5.74) is 3.86. The van der Waals surface area contributed by atoms with Crippen LogP contribution in [-0.4, -0.2) is 18.7 Å². The van der Waals surface area contributed by atoms with Crippen molar-refractivity contribution < 1.29 is 9.53 Å². The van der Waals surface area contributed by atoms with Crippen molar-refractivity contribution in [1.29, 1.82) is 0 Å². The molecule has 5 heteroatoms. The lowest BCUT2D eigenvalue weighted by Crippen LogP contribution is -2.17. The number of benzene rings is 2. The number of carbonyl (C=O) groups is 1. The SMILES string of the molecule is CCCOc1ccc(C(=O)N/N=C/c2ccc(Cl)cc2)cc1. The first-order chi connectivity index (χ1) is 10.7. The van der Waals surface area contributed by atoms with Crippen LogP contribution in [-0.2, 0) is 0 Å². The van der Waals surface area contributed by atoms with Crippen molar-refractivity contribution in [3.05, 3.63) is 64.7 Å². The van der Waals surface area contributed by atoms with E-state index in [9.17, 15) is 4.79 Å². The van der Waals surface area contributed by atoms with Crippen molar-refractivity contribution in [2.24, 2.45) is 5.10 Å². The molecule has 0 fully saturated rings. The lowest BCUT2D eigenvalue weighted by Gasteiger charge is -2.05. The summed E-state index contributed by atoms with van der Waals surface area (Å²) in [6, 6.07) is 14.1. The summed E-state index contributed by atoms with van der Waals surface area (Å²) in [7, 11) is 0. The van der Waals surface area contributed by atoms with Crippen molar-refractivity contribution in [3.8, 4) is 5.75 Å². The van der Waals surface area contributed by atoms with Gasteiger partial charge in [-0.25, -0.2) is 5.43 Å². The maximum Gasteiger partial charge on any atom is 0.271 e. The highest BCUT2D eigenvalue weighted by molar-refractivity contribution is 6.30. The van der Waals surface area contributed by atoms with E-state index in [1.165, 1.54) is 0 Å². The first-order valence-electron chi connectivity index (χ1n) is 7.01. The van der Waals surface area contributed by atoms with Gasteiger partial charge >= 0.3 is 0 Å². The number of nitrogens with one attached hydrogen (secondary N) is 1. The van der Waals surface area contributed by atoms with Gasteiger partial charge in [-0.05, 0) is 48.4 Å². The topological polar surface area (TPSA) is 50.7 Å². The Morgan fingerprint density at radius 3 is 2.50 bits per heavy atom. The van der Waals surface area contributed by atoms with E-state index in [0.717, 1.165) is 17.7 Å². The van der Waals surface area contributed by atoms with E-state index in [1.54, 1.807) is 42.6 Å². The zero-order valence-corrected chi connectivity index (χ0v) is 13.0. The van der Waals surface area contributed by atoms with E-state index >= 15 is 0 Å². The van der Waals surface area contributed by atoms with Crippen molar-refractivity contribution in [3.63, 3.8) is 0 Å². The quantitative estimate of drug-likeness (QED) is 0.649. The molecular formula is C17H17ClN2O2. The average molecular weight is 317 g/mol. The molecule has 2 rings (SSSR count). The van der Waals surface area contributed by atoms with Gasteiger partial charge in [0, 0.05) is 10.6 Å². The van der Waals surface area contributed by atoms with Crippen LogP contribution in [0.15, 0.2) is 53.6 Å². The summed E-state index contributed by atoms with van der Waals surface area (Å²) in [5.74, 6) is 0.482. The average Bonchev–Trinajstić information content (AvgIpc) is 2.55. The number of amides is 1. The zero-order valence-electron chi connectivity index (χ0n) is 12.3. The van der Waals surface area contributed by atoms with Crippen LogP contribution >= 0.6 is 11.6 Å². The number of nitrogens with zero attached hydrogens (tertiary/aromatic N) is 1. The Labute approximate surface area is 134 Å². The molecule has 0 unspecified atom stereocenters. The van der Waals surface area contributed by atoms with Crippen LogP contribution in [0.4, 0.5) is 0 Å². The van der Waals surface area contributed by atoms with Crippen LogP contribution in [0.2, 0.25) is 5.02 Å². The van der Waals surface area contributed by atoms with Crippen molar-refractivity contribution in [1.82, 2.24) is 5.43 Å². The highest BCUT2D eigenvalue weighted by atomic mass is 35.5. The fourth-order valence-corrected chi connectivity index (χ4v) is 1.83. The van der Waals surface area contributed by atoms with Crippen LogP contribution in [0.3, 0.4) is 0 Å². The fraction of sp³-hybridized carbons (Fsp3) is 0.176. The van der Waals surface area contributed by atoms with Gasteiger partial charge in [-0.3, -0.25) is 4.79 Å². The van der Waals surface area contributed by atoms with Gasteiger partial charge in [0.15, 0.2) is 0 Å². The minimum absolute atomic E-state index is 0.271.